The average Bonchev–Trinajstić information content (AvgIpc) is 2.50. The van der Waals surface area contributed by atoms with Crippen LogP contribution >= 0.6 is 0 Å². The second-order valence-electron chi connectivity index (χ2n) is 5.18. The lowest BCUT2D eigenvalue weighted by molar-refractivity contribution is -0.124. The summed E-state index contributed by atoms with van der Waals surface area (Å²) >= 11 is 0. The van der Waals surface area contributed by atoms with Gasteiger partial charge in [0.2, 0.25) is 17.7 Å². The molecule has 7 heteroatoms. The first kappa shape index (κ1) is 16.2. The van der Waals surface area contributed by atoms with Crippen molar-refractivity contribution in [1.29, 1.82) is 0 Å². The predicted molar refractivity (Wildman–Crippen MR) is 79.1 cm³/mol. The third-order valence-corrected chi connectivity index (χ3v) is 3.39. The van der Waals surface area contributed by atoms with Gasteiger partial charge in [-0.05, 0) is 18.9 Å². The number of aromatic nitrogens is 1. The number of hydrogen-bond donors (Lipinski definition) is 2. The van der Waals surface area contributed by atoms with Gasteiger partial charge in [-0.2, -0.15) is 0 Å². The topological polar surface area (TPSA) is 104 Å². The van der Waals surface area contributed by atoms with Crippen molar-refractivity contribution in [2.75, 3.05) is 13.2 Å². The Bertz CT molecular complexity index is 495. The van der Waals surface area contributed by atoms with Crippen molar-refractivity contribution in [2.45, 2.75) is 37.8 Å². The quantitative estimate of drug-likeness (QED) is 0.758. The number of hydrogen-bond acceptors (Lipinski definition) is 5. The molecule has 0 saturated carbocycles. The van der Waals surface area contributed by atoms with Gasteiger partial charge in [0.15, 0.2) is 0 Å². The number of rotatable bonds is 7. The molecular formula is C15H21N3O4. The third kappa shape index (κ3) is 5.33. The molecular weight excluding hydrogens is 286 g/mol. The maximum Gasteiger partial charge on any atom is 0.220 e. The summed E-state index contributed by atoms with van der Waals surface area (Å²) in [6.07, 6.45) is 3.00. The number of carbonyl (C=O) groups is 2. The molecule has 1 saturated heterocycles. The van der Waals surface area contributed by atoms with Crippen LogP contribution in [0.2, 0.25) is 0 Å². The molecule has 2 amide bonds. The summed E-state index contributed by atoms with van der Waals surface area (Å²) in [5.41, 5.74) is 5.06. The van der Waals surface area contributed by atoms with Gasteiger partial charge in [0.05, 0.1) is 12.6 Å². The number of amides is 2. The fraction of sp³-hybridized carbons (Fsp3) is 0.533. The summed E-state index contributed by atoms with van der Waals surface area (Å²) in [5.74, 6) is 0.00368. The molecule has 2 atom stereocenters. The van der Waals surface area contributed by atoms with Crippen LogP contribution in [0.5, 0.6) is 5.88 Å². The van der Waals surface area contributed by atoms with Crippen molar-refractivity contribution in [3.05, 3.63) is 24.4 Å². The van der Waals surface area contributed by atoms with E-state index in [-0.39, 0.29) is 30.9 Å². The Morgan fingerprint density at radius 1 is 1.41 bits per heavy atom. The molecule has 0 bridgehead atoms. The highest BCUT2D eigenvalue weighted by molar-refractivity contribution is 5.78. The zero-order valence-electron chi connectivity index (χ0n) is 12.4. The van der Waals surface area contributed by atoms with Crippen molar-refractivity contribution in [3.8, 4) is 5.88 Å². The van der Waals surface area contributed by atoms with E-state index < -0.39 is 5.91 Å². The largest absolute Gasteiger partial charge is 0.470 e. The molecule has 0 aliphatic carbocycles. The average molecular weight is 307 g/mol. The lowest BCUT2D eigenvalue weighted by atomic mass is 10.1. The molecule has 1 aromatic heterocycles. The number of carbonyl (C=O) groups excluding carboxylic acids is 2. The highest BCUT2D eigenvalue weighted by Crippen LogP contribution is 2.15. The van der Waals surface area contributed by atoms with Gasteiger partial charge in [-0.3, -0.25) is 9.59 Å². The summed E-state index contributed by atoms with van der Waals surface area (Å²) in [7, 11) is 0. The van der Waals surface area contributed by atoms with E-state index in [1.165, 1.54) is 0 Å². The second kappa shape index (κ2) is 8.33. The van der Waals surface area contributed by atoms with Crippen LogP contribution in [-0.4, -0.2) is 42.2 Å². The smallest absolute Gasteiger partial charge is 0.220 e. The van der Waals surface area contributed by atoms with Gasteiger partial charge in [0.25, 0.3) is 0 Å². The molecule has 22 heavy (non-hydrogen) atoms. The van der Waals surface area contributed by atoms with E-state index >= 15 is 0 Å². The first-order valence-corrected chi connectivity index (χ1v) is 7.38. The van der Waals surface area contributed by atoms with E-state index in [0.29, 0.717) is 31.9 Å². The van der Waals surface area contributed by atoms with Crippen molar-refractivity contribution in [3.63, 3.8) is 0 Å². The highest BCUT2D eigenvalue weighted by atomic mass is 16.5. The molecule has 0 radical (unpaired) electrons. The van der Waals surface area contributed by atoms with Crippen LogP contribution in [-0.2, 0) is 14.3 Å². The number of nitrogens with one attached hydrogen (secondary N) is 1. The summed E-state index contributed by atoms with van der Waals surface area (Å²) in [6, 6.07) is 5.28. The van der Waals surface area contributed by atoms with Crippen LogP contribution in [0.15, 0.2) is 24.4 Å². The monoisotopic (exact) mass is 307 g/mol. The Hall–Kier alpha value is -2.15. The molecule has 1 aliphatic rings. The van der Waals surface area contributed by atoms with E-state index in [1.54, 1.807) is 12.3 Å². The standard InChI is InChI=1S/C15H21N3O4/c16-13(19)4-3-5-14(20)18-11-7-9-21-10-12(11)22-15-6-1-2-8-17-15/h1-2,6,8,11-12H,3-5,7,9-10H2,(H2,16,19)(H,18,20)/t11-,12-/m1/s1. The molecule has 1 aromatic rings. The molecule has 2 heterocycles. The summed E-state index contributed by atoms with van der Waals surface area (Å²) < 4.78 is 11.2. The Morgan fingerprint density at radius 3 is 3.00 bits per heavy atom. The van der Waals surface area contributed by atoms with Crippen LogP contribution in [0, 0.1) is 0 Å². The predicted octanol–water partition coefficient (Wildman–Crippen LogP) is 0.390. The minimum Gasteiger partial charge on any atom is -0.470 e. The Labute approximate surface area is 129 Å². The van der Waals surface area contributed by atoms with Gasteiger partial charge in [-0.15, -0.1) is 0 Å². The fourth-order valence-electron chi connectivity index (χ4n) is 2.27. The molecule has 0 unspecified atom stereocenters. The zero-order chi connectivity index (χ0) is 15.8. The highest BCUT2D eigenvalue weighted by Gasteiger charge is 2.29. The lowest BCUT2D eigenvalue weighted by Crippen LogP contribution is -2.51. The van der Waals surface area contributed by atoms with Crippen LogP contribution in [0.25, 0.3) is 0 Å². The molecule has 1 aliphatic heterocycles. The van der Waals surface area contributed by atoms with Gasteiger partial charge in [-0.25, -0.2) is 4.98 Å². The minimum atomic E-state index is -0.393. The Morgan fingerprint density at radius 2 is 2.27 bits per heavy atom. The minimum absolute atomic E-state index is 0.109. The van der Waals surface area contributed by atoms with Crippen molar-refractivity contribution >= 4 is 11.8 Å². The number of ether oxygens (including phenoxy) is 2. The van der Waals surface area contributed by atoms with Crippen LogP contribution < -0.4 is 15.8 Å². The SMILES string of the molecule is NC(=O)CCCC(=O)N[C@@H]1CCOC[C@H]1Oc1ccccn1. The third-order valence-electron chi connectivity index (χ3n) is 3.39. The Balaban J connectivity index is 1.84. The zero-order valence-corrected chi connectivity index (χ0v) is 12.4. The number of primary amides is 1. The van der Waals surface area contributed by atoms with Crippen LogP contribution in [0.3, 0.4) is 0 Å². The lowest BCUT2D eigenvalue weighted by Gasteiger charge is -2.32. The number of nitrogens with zero attached hydrogens (tertiary/aromatic N) is 1. The summed E-state index contributed by atoms with van der Waals surface area (Å²) in [4.78, 5) is 26.7. The van der Waals surface area contributed by atoms with Crippen molar-refractivity contribution in [2.24, 2.45) is 5.73 Å². The molecule has 0 aromatic carbocycles. The first-order valence-electron chi connectivity index (χ1n) is 7.38. The van der Waals surface area contributed by atoms with Crippen molar-refractivity contribution in [1.82, 2.24) is 10.3 Å². The molecule has 1 fully saturated rings. The van der Waals surface area contributed by atoms with Gasteiger partial charge < -0.3 is 20.5 Å². The van der Waals surface area contributed by atoms with Crippen LogP contribution in [0.4, 0.5) is 0 Å². The molecule has 7 nitrogen and oxygen atoms in total. The maximum absolute atomic E-state index is 11.9. The van der Waals surface area contributed by atoms with E-state index in [4.69, 9.17) is 15.2 Å². The normalized spacial score (nSPS) is 21.1. The number of pyridine rings is 1. The van der Waals surface area contributed by atoms with Crippen LogP contribution in [0.1, 0.15) is 25.7 Å². The second-order valence-corrected chi connectivity index (χ2v) is 5.18. The molecule has 3 N–H and O–H groups in total. The van der Waals surface area contributed by atoms with Crippen molar-refractivity contribution < 1.29 is 19.1 Å². The van der Waals surface area contributed by atoms with Gasteiger partial charge in [0.1, 0.15) is 6.10 Å². The maximum atomic E-state index is 11.9. The number of nitrogens with two attached hydrogens (primary N) is 1. The van der Waals surface area contributed by atoms with E-state index in [9.17, 15) is 9.59 Å². The van der Waals surface area contributed by atoms with E-state index in [2.05, 4.69) is 10.3 Å². The first-order chi connectivity index (χ1) is 10.6. The molecule has 120 valence electrons. The van der Waals surface area contributed by atoms with E-state index in [1.807, 2.05) is 12.1 Å². The summed E-state index contributed by atoms with van der Waals surface area (Å²) in [5, 5.41) is 2.94. The van der Waals surface area contributed by atoms with Gasteiger partial charge >= 0.3 is 0 Å². The molecule has 2 rings (SSSR count). The Kier molecular flexibility index (Phi) is 6.14. The molecule has 0 spiro atoms. The van der Waals surface area contributed by atoms with E-state index in [0.717, 1.165) is 0 Å². The van der Waals surface area contributed by atoms with Gasteiger partial charge in [-0.1, -0.05) is 6.07 Å². The summed E-state index contributed by atoms with van der Waals surface area (Å²) in [6.45, 7) is 0.983. The van der Waals surface area contributed by atoms with Gasteiger partial charge in [0, 0.05) is 31.7 Å². The fourth-order valence-corrected chi connectivity index (χ4v) is 2.27.